The zero-order chi connectivity index (χ0) is 18.1. The van der Waals surface area contributed by atoms with Crippen molar-refractivity contribution in [3.63, 3.8) is 0 Å². The molecule has 0 atom stereocenters. The van der Waals surface area contributed by atoms with Crippen LogP contribution < -0.4 is 10.5 Å². The molecule has 1 amide bonds. The Labute approximate surface area is 149 Å². The van der Waals surface area contributed by atoms with Gasteiger partial charge in [-0.05, 0) is 48.1 Å². The number of rotatable bonds is 9. The van der Waals surface area contributed by atoms with Crippen LogP contribution in [0, 0.1) is 0 Å². The van der Waals surface area contributed by atoms with Gasteiger partial charge in [-0.3, -0.25) is 9.59 Å². The number of esters is 1. The highest BCUT2D eigenvalue weighted by Gasteiger charge is 2.09. The highest BCUT2D eigenvalue weighted by atomic mass is 16.5. The van der Waals surface area contributed by atoms with E-state index >= 15 is 0 Å². The summed E-state index contributed by atoms with van der Waals surface area (Å²) in [5, 5.41) is 0. The molecule has 0 unspecified atom stereocenters. The predicted octanol–water partition coefficient (Wildman–Crippen LogP) is 3.79. The molecule has 4 heteroatoms. The molecule has 2 rings (SSSR count). The molecule has 0 aliphatic rings. The average Bonchev–Trinajstić information content (AvgIpc) is 2.59. The lowest BCUT2D eigenvalue weighted by molar-refractivity contribution is -0.134. The van der Waals surface area contributed by atoms with E-state index in [4.69, 9.17) is 10.5 Å². The first-order valence-electron chi connectivity index (χ1n) is 8.72. The topological polar surface area (TPSA) is 69.4 Å². The molecule has 0 aliphatic carbocycles. The average molecular weight is 339 g/mol. The van der Waals surface area contributed by atoms with Gasteiger partial charge in [-0.2, -0.15) is 0 Å². The summed E-state index contributed by atoms with van der Waals surface area (Å²) < 4.78 is 5.49. The van der Waals surface area contributed by atoms with Crippen molar-refractivity contribution in [3.05, 3.63) is 65.2 Å². The molecule has 0 heterocycles. The predicted molar refractivity (Wildman–Crippen MR) is 98.4 cm³/mol. The van der Waals surface area contributed by atoms with Crippen LogP contribution >= 0.6 is 0 Å². The van der Waals surface area contributed by atoms with Gasteiger partial charge in [0.2, 0.25) is 5.91 Å². The lowest BCUT2D eigenvalue weighted by atomic mass is 10.00. The van der Waals surface area contributed by atoms with Gasteiger partial charge in [0.25, 0.3) is 0 Å². The normalized spacial score (nSPS) is 10.4. The lowest BCUT2D eigenvalue weighted by Gasteiger charge is -2.10. The summed E-state index contributed by atoms with van der Waals surface area (Å²) >= 11 is 0. The Morgan fingerprint density at radius 2 is 1.68 bits per heavy atom. The second kappa shape index (κ2) is 9.62. The first kappa shape index (κ1) is 18.7. The van der Waals surface area contributed by atoms with Crippen LogP contribution in [0.1, 0.15) is 49.3 Å². The molecule has 0 saturated carbocycles. The zero-order valence-corrected chi connectivity index (χ0v) is 14.7. The van der Waals surface area contributed by atoms with Gasteiger partial charge in [0.05, 0.1) is 0 Å². The number of carbonyl (C=O) groups is 2. The Balaban J connectivity index is 2.18. The molecule has 0 radical (unpaired) electrons. The van der Waals surface area contributed by atoms with Crippen LogP contribution in [0.3, 0.4) is 0 Å². The monoisotopic (exact) mass is 339 g/mol. The smallest absolute Gasteiger partial charge is 0.311 e. The SMILES string of the molecule is CCCCC(=O)Oc1cc(CCC(N)=O)cc(Cc2ccccc2)c1. The fourth-order valence-corrected chi connectivity index (χ4v) is 2.64. The number of hydrogen-bond donors (Lipinski definition) is 1. The summed E-state index contributed by atoms with van der Waals surface area (Å²) in [7, 11) is 0. The number of ether oxygens (including phenoxy) is 1. The van der Waals surface area contributed by atoms with E-state index in [1.807, 2.05) is 43.3 Å². The van der Waals surface area contributed by atoms with Crippen molar-refractivity contribution in [1.82, 2.24) is 0 Å². The Bertz CT molecular complexity index is 710. The number of primary amides is 1. The number of nitrogens with two attached hydrogens (primary N) is 1. The molecule has 2 aromatic rings. The van der Waals surface area contributed by atoms with Crippen molar-refractivity contribution in [2.75, 3.05) is 0 Å². The van der Waals surface area contributed by atoms with Gasteiger partial charge >= 0.3 is 5.97 Å². The number of unbranched alkanes of at least 4 members (excludes halogenated alkanes) is 1. The molecular weight excluding hydrogens is 314 g/mol. The van der Waals surface area contributed by atoms with E-state index in [9.17, 15) is 9.59 Å². The molecule has 0 bridgehead atoms. The molecule has 2 N–H and O–H groups in total. The van der Waals surface area contributed by atoms with Gasteiger partial charge in [0, 0.05) is 12.8 Å². The molecule has 0 spiro atoms. The summed E-state index contributed by atoms with van der Waals surface area (Å²) in [5.41, 5.74) is 8.43. The summed E-state index contributed by atoms with van der Waals surface area (Å²) in [4.78, 5) is 23.0. The number of amides is 1. The number of hydrogen-bond acceptors (Lipinski definition) is 3. The van der Waals surface area contributed by atoms with Crippen molar-refractivity contribution < 1.29 is 14.3 Å². The van der Waals surface area contributed by atoms with E-state index in [0.717, 1.165) is 30.4 Å². The van der Waals surface area contributed by atoms with Crippen LogP contribution in [0.4, 0.5) is 0 Å². The fourth-order valence-electron chi connectivity index (χ4n) is 2.64. The van der Waals surface area contributed by atoms with E-state index in [0.29, 0.717) is 18.6 Å². The minimum absolute atomic E-state index is 0.223. The van der Waals surface area contributed by atoms with Gasteiger partial charge in [-0.25, -0.2) is 0 Å². The number of aryl methyl sites for hydroxylation is 1. The summed E-state index contributed by atoms with van der Waals surface area (Å²) in [6.45, 7) is 2.04. The summed E-state index contributed by atoms with van der Waals surface area (Å²) in [6, 6.07) is 15.8. The molecule has 0 aromatic heterocycles. The van der Waals surface area contributed by atoms with Crippen molar-refractivity contribution >= 4 is 11.9 Å². The summed E-state index contributed by atoms with van der Waals surface area (Å²) in [6.07, 6.45) is 3.74. The standard InChI is InChI=1S/C21H25NO3/c1-2-3-9-21(24)25-19-14-17(10-11-20(22)23)13-18(15-19)12-16-7-5-4-6-8-16/h4-8,13-15H,2-3,9-12H2,1H3,(H2,22,23). The van der Waals surface area contributed by atoms with Crippen molar-refractivity contribution in [3.8, 4) is 5.75 Å². The Kier molecular flexibility index (Phi) is 7.20. The third kappa shape index (κ3) is 6.79. The Hall–Kier alpha value is -2.62. The first-order valence-corrected chi connectivity index (χ1v) is 8.72. The van der Waals surface area contributed by atoms with Gasteiger partial charge in [0.15, 0.2) is 0 Å². The van der Waals surface area contributed by atoms with Gasteiger partial charge in [-0.1, -0.05) is 49.7 Å². The minimum atomic E-state index is -0.338. The van der Waals surface area contributed by atoms with E-state index in [-0.39, 0.29) is 18.3 Å². The Morgan fingerprint density at radius 1 is 0.960 bits per heavy atom. The molecule has 0 saturated heterocycles. The third-order valence-corrected chi connectivity index (χ3v) is 3.90. The fraction of sp³-hybridized carbons (Fsp3) is 0.333. The molecule has 2 aromatic carbocycles. The largest absolute Gasteiger partial charge is 0.427 e. The number of benzene rings is 2. The van der Waals surface area contributed by atoms with E-state index in [1.165, 1.54) is 5.56 Å². The third-order valence-electron chi connectivity index (χ3n) is 3.90. The molecular formula is C21H25NO3. The maximum Gasteiger partial charge on any atom is 0.311 e. The van der Waals surface area contributed by atoms with E-state index < -0.39 is 0 Å². The molecule has 0 aliphatic heterocycles. The van der Waals surface area contributed by atoms with Crippen molar-refractivity contribution in [2.24, 2.45) is 5.73 Å². The first-order chi connectivity index (χ1) is 12.1. The second-order valence-electron chi connectivity index (χ2n) is 6.19. The highest BCUT2D eigenvalue weighted by molar-refractivity contribution is 5.74. The van der Waals surface area contributed by atoms with Crippen molar-refractivity contribution in [2.45, 2.75) is 45.4 Å². The highest BCUT2D eigenvalue weighted by Crippen LogP contribution is 2.22. The van der Waals surface area contributed by atoms with E-state index in [1.54, 1.807) is 0 Å². The molecule has 25 heavy (non-hydrogen) atoms. The van der Waals surface area contributed by atoms with Crippen LogP contribution in [-0.4, -0.2) is 11.9 Å². The Morgan fingerprint density at radius 3 is 2.36 bits per heavy atom. The minimum Gasteiger partial charge on any atom is -0.427 e. The van der Waals surface area contributed by atoms with Crippen LogP contribution in [0.5, 0.6) is 5.75 Å². The molecule has 4 nitrogen and oxygen atoms in total. The lowest BCUT2D eigenvalue weighted by Crippen LogP contribution is -2.12. The molecule has 132 valence electrons. The quantitative estimate of drug-likeness (QED) is 0.558. The molecule has 0 fully saturated rings. The second-order valence-corrected chi connectivity index (χ2v) is 6.19. The maximum absolute atomic E-state index is 11.9. The van der Waals surface area contributed by atoms with Crippen LogP contribution in [-0.2, 0) is 22.4 Å². The van der Waals surface area contributed by atoms with Gasteiger partial charge in [-0.15, -0.1) is 0 Å². The van der Waals surface area contributed by atoms with Gasteiger partial charge in [0.1, 0.15) is 5.75 Å². The van der Waals surface area contributed by atoms with Crippen LogP contribution in [0.15, 0.2) is 48.5 Å². The van der Waals surface area contributed by atoms with E-state index in [2.05, 4.69) is 12.1 Å². The van der Waals surface area contributed by atoms with Crippen LogP contribution in [0.25, 0.3) is 0 Å². The number of carbonyl (C=O) groups excluding carboxylic acids is 2. The van der Waals surface area contributed by atoms with Gasteiger partial charge < -0.3 is 10.5 Å². The summed E-state index contributed by atoms with van der Waals surface area (Å²) in [5.74, 6) is -0.0245. The zero-order valence-electron chi connectivity index (χ0n) is 14.7. The van der Waals surface area contributed by atoms with Crippen molar-refractivity contribution in [1.29, 1.82) is 0 Å². The maximum atomic E-state index is 11.9. The van der Waals surface area contributed by atoms with Crippen LogP contribution in [0.2, 0.25) is 0 Å².